The van der Waals surface area contributed by atoms with Crippen LogP contribution in [0.25, 0.3) is 0 Å². The summed E-state index contributed by atoms with van der Waals surface area (Å²) < 4.78 is 4.86. The highest BCUT2D eigenvalue weighted by Crippen LogP contribution is 2.11. The number of aliphatic hydroxyl groups is 1. The van der Waals surface area contributed by atoms with E-state index in [0.29, 0.717) is 13.0 Å². The first kappa shape index (κ1) is 13.1. The van der Waals surface area contributed by atoms with Crippen LogP contribution in [0, 0.1) is 12.0 Å². The second-order valence-corrected chi connectivity index (χ2v) is 3.75. The number of rotatable bonds is 4. The van der Waals surface area contributed by atoms with E-state index in [1.807, 2.05) is 20.8 Å². The molecule has 0 fully saturated rings. The Morgan fingerprint density at radius 2 is 2.14 bits per heavy atom. The first-order valence-corrected chi connectivity index (χ1v) is 4.97. The molecule has 2 heteroatoms. The molecule has 1 N–H and O–H groups in total. The highest BCUT2D eigenvalue weighted by molar-refractivity contribution is 5.09. The van der Waals surface area contributed by atoms with Gasteiger partial charge in [-0.1, -0.05) is 11.6 Å². The molecule has 0 aromatic carbocycles. The molecule has 0 aliphatic rings. The van der Waals surface area contributed by atoms with Crippen molar-refractivity contribution < 1.29 is 9.84 Å². The first-order valence-electron chi connectivity index (χ1n) is 4.97. The second-order valence-electron chi connectivity index (χ2n) is 3.75. The van der Waals surface area contributed by atoms with Crippen molar-refractivity contribution in [3.05, 3.63) is 11.6 Å². The maximum absolute atomic E-state index is 9.77. The Labute approximate surface area is 87.0 Å². The van der Waals surface area contributed by atoms with Crippen molar-refractivity contribution in [3.8, 4) is 12.0 Å². The van der Waals surface area contributed by atoms with Crippen molar-refractivity contribution in [1.29, 1.82) is 0 Å². The Hall–Kier alpha value is -0.940. The summed E-state index contributed by atoms with van der Waals surface area (Å²) in [7, 11) is 0. The van der Waals surface area contributed by atoms with Gasteiger partial charge in [0.15, 0.2) is 0 Å². The van der Waals surface area contributed by atoms with Crippen molar-refractivity contribution in [2.75, 3.05) is 6.61 Å². The van der Waals surface area contributed by atoms with E-state index in [9.17, 15) is 5.11 Å². The van der Waals surface area contributed by atoms with Crippen LogP contribution < -0.4 is 0 Å². The van der Waals surface area contributed by atoms with Crippen molar-refractivity contribution in [2.24, 2.45) is 0 Å². The minimum Gasteiger partial charge on any atom is -0.447 e. The monoisotopic (exact) mass is 196 g/mol. The minimum atomic E-state index is -0.943. The lowest BCUT2D eigenvalue weighted by molar-refractivity contribution is 0.112. The van der Waals surface area contributed by atoms with Gasteiger partial charge in [-0.3, -0.25) is 0 Å². The Balaban J connectivity index is 3.96. The van der Waals surface area contributed by atoms with Gasteiger partial charge in [0.05, 0.1) is 6.61 Å². The maximum atomic E-state index is 9.77. The zero-order chi connectivity index (χ0) is 11.0. The van der Waals surface area contributed by atoms with Crippen LogP contribution in [0.4, 0.5) is 0 Å². The zero-order valence-corrected chi connectivity index (χ0v) is 9.55. The van der Waals surface area contributed by atoms with E-state index in [1.165, 1.54) is 5.57 Å². The van der Waals surface area contributed by atoms with Gasteiger partial charge in [0.1, 0.15) is 11.7 Å². The Bertz CT molecular complexity index is 237. The first-order chi connectivity index (χ1) is 6.48. The molecule has 0 amide bonds. The molecule has 1 atom stereocenters. The van der Waals surface area contributed by atoms with Crippen molar-refractivity contribution in [3.63, 3.8) is 0 Å². The van der Waals surface area contributed by atoms with Crippen molar-refractivity contribution in [1.82, 2.24) is 0 Å². The molecule has 80 valence electrons. The third kappa shape index (κ3) is 7.70. The smallest absolute Gasteiger partial charge is 0.126 e. The predicted molar refractivity (Wildman–Crippen MR) is 58.7 cm³/mol. The van der Waals surface area contributed by atoms with Crippen LogP contribution in [-0.2, 0) is 4.74 Å². The topological polar surface area (TPSA) is 29.5 Å². The fourth-order valence-corrected chi connectivity index (χ4v) is 0.923. The summed E-state index contributed by atoms with van der Waals surface area (Å²) in [4.78, 5) is 0. The molecule has 2 nitrogen and oxygen atoms in total. The van der Waals surface area contributed by atoms with Gasteiger partial charge >= 0.3 is 0 Å². The van der Waals surface area contributed by atoms with Gasteiger partial charge in [-0.2, -0.15) is 0 Å². The summed E-state index contributed by atoms with van der Waals surface area (Å²) in [5.41, 5.74) is 0.319. The molecule has 0 rings (SSSR count). The van der Waals surface area contributed by atoms with E-state index in [0.717, 1.165) is 6.42 Å². The average Bonchev–Trinajstić information content (AvgIpc) is 2.03. The van der Waals surface area contributed by atoms with Crippen LogP contribution in [0.1, 0.15) is 40.5 Å². The Morgan fingerprint density at radius 1 is 1.50 bits per heavy atom. The minimum absolute atomic E-state index is 0.553. The van der Waals surface area contributed by atoms with Crippen LogP contribution >= 0.6 is 0 Å². The normalized spacial score (nSPS) is 13.5. The van der Waals surface area contributed by atoms with Gasteiger partial charge in [-0.25, -0.2) is 0 Å². The van der Waals surface area contributed by atoms with Gasteiger partial charge in [0, 0.05) is 0 Å². The fraction of sp³-hybridized carbons (Fsp3) is 0.667. The summed E-state index contributed by atoms with van der Waals surface area (Å²) in [6.07, 6.45) is 6.07. The molecular formula is C12H20O2. The van der Waals surface area contributed by atoms with Crippen molar-refractivity contribution in [2.45, 2.75) is 46.1 Å². The van der Waals surface area contributed by atoms with Gasteiger partial charge in [-0.15, -0.1) is 0 Å². The third-order valence-electron chi connectivity index (χ3n) is 1.72. The SMILES string of the molecule is CCOC#CC(C)(O)CCC=C(C)C. The fourth-order valence-electron chi connectivity index (χ4n) is 0.923. The maximum Gasteiger partial charge on any atom is 0.126 e. The van der Waals surface area contributed by atoms with Crippen LogP contribution in [0.15, 0.2) is 11.6 Å². The molecule has 0 aromatic heterocycles. The largest absolute Gasteiger partial charge is 0.447 e. The summed E-state index contributed by atoms with van der Waals surface area (Å²) in [6, 6.07) is 0. The quantitative estimate of drug-likeness (QED) is 0.553. The molecular weight excluding hydrogens is 176 g/mol. The lowest BCUT2D eigenvalue weighted by Gasteiger charge is -2.14. The molecule has 0 radical (unpaired) electrons. The van der Waals surface area contributed by atoms with Crippen LogP contribution in [0.2, 0.25) is 0 Å². The van der Waals surface area contributed by atoms with Crippen LogP contribution in [0.3, 0.4) is 0 Å². The molecule has 14 heavy (non-hydrogen) atoms. The highest BCUT2D eigenvalue weighted by atomic mass is 16.5. The van der Waals surface area contributed by atoms with Crippen LogP contribution in [-0.4, -0.2) is 17.3 Å². The van der Waals surface area contributed by atoms with Crippen molar-refractivity contribution >= 4 is 0 Å². The Kier molecular flexibility index (Phi) is 6.07. The van der Waals surface area contributed by atoms with E-state index in [2.05, 4.69) is 18.1 Å². The Morgan fingerprint density at radius 3 is 2.64 bits per heavy atom. The standard InChI is InChI=1S/C12H20O2/c1-5-14-10-9-12(4,13)8-6-7-11(2)3/h7,13H,5-6,8H2,1-4H3. The molecule has 1 unspecified atom stereocenters. The predicted octanol–water partition coefficient (Wildman–Crippen LogP) is 2.48. The average molecular weight is 196 g/mol. The molecule has 0 heterocycles. The van der Waals surface area contributed by atoms with E-state index in [4.69, 9.17) is 4.74 Å². The third-order valence-corrected chi connectivity index (χ3v) is 1.72. The molecule has 0 saturated heterocycles. The lowest BCUT2D eigenvalue weighted by atomic mass is 10.0. The molecule has 0 aliphatic carbocycles. The second kappa shape index (κ2) is 6.50. The molecule has 0 aromatic rings. The number of hydrogen-bond donors (Lipinski definition) is 1. The lowest BCUT2D eigenvalue weighted by Crippen LogP contribution is -2.20. The van der Waals surface area contributed by atoms with Gasteiger partial charge in [0.25, 0.3) is 0 Å². The zero-order valence-electron chi connectivity index (χ0n) is 9.55. The number of allylic oxidation sites excluding steroid dienone is 2. The molecule has 0 aliphatic heterocycles. The van der Waals surface area contributed by atoms with Gasteiger partial charge in [-0.05, 0) is 46.5 Å². The van der Waals surface area contributed by atoms with E-state index in [-0.39, 0.29) is 0 Å². The summed E-state index contributed by atoms with van der Waals surface area (Å²) in [6.45, 7) is 8.21. The summed E-state index contributed by atoms with van der Waals surface area (Å²) >= 11 is 0. The van der Waals surface area contributed by atoms with E-state index >= 15 is 0 Å². The van der Waals surface area contributed by atoms with Crippen LogP contribution in [0.5, 0.6) is 0 Å². The van der Waals surface area contributed by atoms with E-state index < -0.39 is 5.60 Å². The summed E-state index contributed by atoms with van der Waals surface area (Å²) in [5.74, 6) is 2.69. The molecule has 0 bridgehead atoms. The van der Waals surface area contributed by atoms with Gasteiger partial charge in [0.2, 0.25) is 0 Å². The number of hydrogen-bond acceptors (Lipinski definition) is 2. The molecule has 0 spiro atoms. The van der Waals surface area contributed by atoms with Gasteiger partial charge < -0.3 is 9.84 Å². The highest BCUT2D eigenvalue weighted by Gasteiger charge is 2.15. The number of ether oxygens (including phenoxy) is 1. The summed E-state index contributed by atoms with van der Waals surface area (Å²) in [5, 5.41) is 9.77. The van der Waals surface area contributed by atoms with E-state index in [1.54, 1.807) is 6.92 Å². The molecule has 0 saturated carbocycles.